The third-order valence-corrected chi connectivity index (χ3v) is 6.43. The second-order valence-electron chi connectivity index (χ2n) is 6.20. The van der Waals surface area contributed by atoms with E-state index in [0.717, 1.165) is 33.3 Å². The molecular formula is C16H19N3O3S2. The number of amides is 1. The van der Waals surface area contributed by atoms with Crippen molar-refractivity contribution >= 4 is 44.9 Å². The molecule has 0 spiro atoms. The summed E-state index contributed by atoms with van der Waals surface area (Å²) in [6, 6.07) is 4.93. The molecule has 0 aliphatic heterocycles. The molecule has 1 N–H and O–H groups in total. The minimum Gasteiger partial charge on any atom is -0.353 e. The van der Waals surface area contributed by atoms with Crippen LogP contribution in [0.2, 0.25) is 0 Å². The molecule has 128 valence electrons. The monoisotopic (exact) mass is 365 g/mol. The van der Waals surface area contributed by atoms with Crippen LogP contribution in [-0.4, -0.2) is 27.6 Å². The van der Waals surface area contributed by atoms with Crippen LogP contribution < -0.4 is 5.32 Å². The standard InChI is InChI=1S/C16H19N3O3S2/c1-10-2-4-11(5-3-10)17-15(20)9-23-16-18-13-7-6-12(19(21)22)8-14(13)24-16/h6-8,10-11H,2-5,9H2,1H3,(H,17,20). The molecule has 0 unspecified atom stereocenters. The number of aromatic nitrogens is 1. The van der Waals surface area contributed by atoms with Gasteiger partial charge in [0.25, 0.3) is 5.69 Å². The lowest BCUT2D eigenvalue weighted by Crippen LogP contribution is -2.38. The molecule has 8 heteroatoms. The number of carbonyl (C=O) groups is 1. The molecular weight excluding hydrogens is 346 g/mol. The van der Waals surface area contributed by atoms with Crippen molar-refractivity contribution in [3.05, 3.63) is 28.3 Å². The predicted molar refractivity (Wildman–Crippen MR) is 96.6 cm³/mol. The van der Waals surface area contributed by atoms with Gasteiger partial charge < -0.3 is 5.32 Å². The molecule has 3 rings (SSSR count). The summed E-state index contributed by atoms with van der Waals surface area (Å²) in [6.07, 6.45) is 4.47. The van der Waals surface area contributed by atoms with Crippen molar-refractivity contribution in [3.8, 4) is 0 Å². The topological polar surface area (TPSA) is 85.1 Å². The average molecular weight is 365 g/mol. The molecule has 0 bridgehead atoms. The van der Waals surface area contributed by atoms with Gasteiger partial charge in [-0.25, -0.2) is 4.98 Å². The molecule has 1 aliphatic rings. The highest BCUT2D eigenvalue weighted by atomic mass is 32.2. The van der Waals surface area contributed by atoms with Gasteiger partial charge in [-0.15, -0.1) is 11.3 Å². The minimum atomic E-state index is -0.412. The number of hydrogen-bond acceptors (Lipinski definition) is 6. The van der Waals surface area contributed by atoms with Gasteiger partial charge in [0.2, 0.25) is 5.91 Å². The second-order valence-corrected chi connectivity index (χ2v) is 8.46. The van der Waals surface area contributed by atoms with E-state index >= 15 is 0 Å². The van der Waals surface area contributed by atoms with Crippen LogP contribution in [0.4, 0.5) is 5.69 Å². The van der Waals surface area contributed by atoms with Crippen molar-refractivity contribution in [2.45, 2.75) is 43.0 Å². The minimum absolute atomic E-state index is 0.0322. The van der Waals surface area contributed by atoms with Gasteiger partial charge >= 0.3 is 0 Å². The van der Waals surface area contributed by atoms with Gasteiger partial charge in [0.1, 0.15) is 0 Å². The van der Waals surface area contributed by atoms with Crippen molar-refractivity contribution in [1.82, 2.24) is 10.3 Å². The Labute approximate surface area is 148 Å². The number of nitro benzene ring substituents is 1. The Kier molecular flexibility index (Phi) is 5.35. The lowest BCUT2D eigenvalue weighted by atomic mass is 9.87. The molecule has 1 aromatic carbocycles. The molecule has 0 atom stereocenters. The Morgan fingerprint density at radius 3 is 2.88 bits per heavy atom. The lowest BCUT2D eigenvalue weighted by Gasteiger charge is -2.26. The number of benzene rings is 1. The fraction of sp³-hybridized carbons (Fsp3) is 0.500. The largest absolute Gasteiger partial charge is 0.353 e. The van der Waals surface area contributed by atoms with E-state index in [0.29, 0.717) is 11.8 Å². The number of nitrogens with zero attached hydrogens (tertiary/aromatic N) is 2. The van der Waals surface area contributed by atoms with Gasteiger partial charge in [-0.05, 0) is 37.7 Å². The van der Waals surface area contributed by atoms with E-state index in [1.54, 1.807) is 6.07 Å². The molecule has 0 saturated heterocycles. The van der Waals surface area contributed by atoms with Crippen LogP contribution in [-0.2, 0) is 4.79 Å². The summed E-state index contributed by atoms with van der Waals surface area (Å²) in [5.74, 6) is 1.12. The van der Waals surface area contributed by atoms with E-state index in [4.69, 9.17) is 0 Å². The first-order valence-electron chi connectivity index (χ1n) is 7.98. The number of nitro groups is 1. The number of thiazole rings is 1. The van der Waals surface area contributed by atoms with Crippen LogP contribution in [0.5, 0.6) is 0 Å². The molecule has 1 aromatic heterocycles. The van der Waals surface area contributed by atoms with Crippen LogP contribution in [0.15, 0.2) is 22.5 Å². The summed E-state index contributed by atoms with van der Waals surface area (Å²) in [6.45, 7) is 2.26. The smallest absolute Gasteiger partial charge is 0.270 e. The zero-order valence-electron chi connectivity index (χ0n) is 13.4. The molecule has 1 aliphatic carbocycles. The number of hydrogen-bond donors (Lipinski definition) is 1. The van der Waals surface area contributed by atoms with Gasteiger partial charge in [-0.3, -0.25) is 14.9 Å². The van der Waals surface area contributed by atoms with Crippen LogP contribution in [0.25, 0.3) is 10.2 Å². The fourth-order valence-electron chi connectivity index (χ4n) is 2.87. The highest BCUT2D eigenvalue weighted by Gasteiger charge is 2.20. The third-order valence-electron chi connectivity index (χ3n) is 4.27. The molecule has 1 amide bonds. The van der Waals surface area contributed by atoms with Crippen LogP contribution in [0.3, 0.4) is 0 Å². The first kappa shape index (κ1) is 17.2. The number of thioether (sulfide) groups is 1. The van der Waals surface area contributed by atoms with Crippen LogP contribution >= 0.6 is 23.1 Å². The van der Waals surface area contributed by atoms with E-state index in [1.807, 2.05) is 0 Å². The van der Waals surface area contributed by atoms with Crippen molar-refractivity contribution in [2.24, 2.45) is 5.92 Å². The Balaban J connectivity index is 1.55. The van der Waals surface area contributed by atoms with E-state index in [-0.39, 0.29) is 11.6 Å². The summed E-state index contributed by atoms with van der Waals surface area (Å²) in [5.41, 5.74) is 0.793. The molecule has 0 radical (unpaired) electrons. The molecule has 1 saturated carbocycles. The maximum absolute atomic E-state index is 12.1. The van der Waals surface area contributed by atoms with Crippen LogP contribution in [0, 0.1) is 16.0 Å². The maximum Gasteiger partial charge on any atom is 0.270 e. The Morgan fingerprint density at radius 1 is 1.42 bits per heavy atom. The quantitative estimate of drug-likeness (QED) is 0.492. The predicted octanol–water partition coefficient (Wildman–Crippen LogP) is 3.99. The highest BCUT2D eigenvalue weighted by Crippen LogP contribution is 2.31. The summed E-state index contributed by atoms with van der Waals surface area (Å²) in [5, 5.41) is 13.9. The van der Waals surface area contributed by atoms with Crippen molar-refractivity contribution in [3.63, 3.8) is 0 Å². The number of rotatable bonds is 5. The Hall–Kier alpha value is -1.67. The summed E-state index contributed by atoms with van der Waals surface area (Å²) >= 11 is 2.77. The van der Waals surface area contributed by atoms with E-state index in [9.17, 15) is 14.9 Å². The lowest BCUT2D eigenvalue weighted by molar-refractivity contribution is -0.384. The highest BCUT2D eigenvalue weighted by molar-refractivity contribution is 8.01. The van der Waals surface area contributed by atoms with Gasteiger partial charge in [-0.1, -0.05) is 18.7 Å². The van der Waals surface area contributed by atoms with Crippen molar-refractivity contribution in [2.75, 3.05) is 5.75 Å². The van der Waals surface area contributed by atoms with Gasteiger partial charge in [0.05, 0.1) is 20.9 Å². The summed E-state index contributed by atoms with van der Waals surface area (Å²) in [7, 11) is 0. The molecule has 24 heavy (non-hydrogen) atoms. The molecule has 2 aromatic rings. The number of carbonyl (C=O) groups excluding carboxylic acids is 1. The van der Waals surface area contributed by atoms with Crippen LogP contribution in [0.1, 0.15) is 32.6 Å². The second kappa shape index (κ2) is 7.48. The third kappa shape index (κ3) is 4.24. The zero-order valence-corrected chi connectivity index (χ0v) is 15.0. The van der Waals surface area contributed by atoms with E-state index < -0.39 is 4.92 Å². The average Bonchev–Trinajstić information content (AvgIpc) is 2.97. The summed E-state index contributed by atoms with van der Waals surface area (Å²) in [4.78, 5) is 26.9. The molecule has 6 nitrogen and oxygen atoms in total. The number of nitrogens with one attached hydrogen (secondary N) is 1. The molecule has 1 heterocycles. The van der Waals surface area contributed by atoms with E-state index in [2.05, 4.69) is 17.2 Å². The summed E-state index contributed by atoms with van der Waals surface area (Å²) < 4.78 is 1.53. The van der Waals surface area contributed by atoms with Crippen molar-refractivity contribution < 1.29 is 9.72 Å². The first-order chi connectivity index (χ1) is 11.5. The molecule has 1 fully saturated rings. The van der Waals surface area contributed by atoms with Gasteiger partial charge in [0, 0.05) is 18.2 Å². The maximum atomic E-state index is 12.1. The first-order valence-corrected chi connectivity index (χ1v) is 9.78. The van der Waals surface area contributed by atoms with Crippen molar-refractivity contribution in [1.29, 1.82) is 0 Å². The van der Waals surface area contributed by atoms with E-state index in [1.165, 1.54) is 48.1 Å². The fourth-order valence-corrected chi connectivity index (χ4v) is 4.78. The number of fused-ring (bicyclic) bond motifs is 1. The Bertz CT molecular complexity index is 754. The normalized spacial score (nSPS) is 20.9. The van der Waals surface area contributed by atoms with Gasteiger partial charge in [-0.2, -0.15) is 0 Å². The number of non-ortho nitro benzene ring substituents is 1. The van der Waals surface area contributed by atoms with Gasteiger partial charge in [0.15, 0.2) is 4.34 Å². The zero-order chi connectivity index (χ0) is 17.1. The Morgan fingerprint density at radius 2 is 2.17 bits per heavy atom. The SMILES string of the molecule is CC1CCC(NC(=O)CSc2nc3ccc([N+](=O)[O-])cc3s2)CC1.